The number of nitrogens with zero attached hydrogens (tertiary/aromatic N) is 4. The maximum Gasteiger partial charge on any atom is 0.334 e. The van der Waals surface area contributed by atoms with Crippen LogP contribution in [0.25, 0.3) is 10.9 Å². The lowest BCUT2D eigenvalue weighted by Crippen LogP contribution is -2.42. The van der Waals surface area contributed by atoms with E-state index in [2.05, 4.69) is 15.0 Å². The van der Waals surface area contributed by atoms with Crippen LogP contribution in [0.1, 0.15) is 0 Å². The third-order valence-electron chi connectivity index (χ3n) is 3.00. The minimum Gasteiger partial charge on any atom is -0.350 e. The van der Waals surface area contributed by atoms with Crippen molar-refractivity contribution in [3.8, 4) is 0 Å². The number of amides is 2. The molecule has 0 bridgehead atoms. The molecule has 0 atom stereocenters. The molecule has 2 aromatic heterocycles. The van der Waals surface area contributed by atoms with Crippen LogP contribution in [0, 0.1) is 0 Å². The zero-order valence-corrected chi connectivity index (χ0v) is 12.5. The van der Waals surface area contributed by atoms with E-state index in [9.17, 15) is 13.2 Å². The number of sulfonamides is 1. The minimum atomic E-state index is -4.37. The van der Waals surface area contributed by atoms with Crippen LogP contribution in [0.2, 0.25) is 0 Å². The van der Waals surface area contributed by atoms with E-state index >= 15 is 0 Å². The second-order valence-electron chi connectivity index (χ2n) is 4.51. The van der Waals surface area contributed by atoms with Crippen molar-refractivity contribution >= 4 is 32.8 Å². The molecular formula is C14H11N5O3S. The highest BCUT2D eigenvalue weighted by Crippen LogP contribution is 2.20. The summed E-state index contributed by atoms with van der Waals surface area (Å²) in [5.41, 5.74) is 5.65. The predicted octanol–water partition coefficient (Wildman–Crippen LogP) is 1.30. The number of carbonyl (C=O) groups is 1. The molecule has 9 heteroatoms. The summed E-state index contributed by atoms with van der Waals surface area (Å²) in [7, 11) is -4.37. The van der Waals surface area contributed by atoms with Crippen LogP contribution in [0.5, 0.6) is 0 Å². The second-order valence-corrected chi connectivity index (χ2v) is 6.19. The molecule has 0 radical (unpaired) electrons. The van der Waals surface area contributed by atoms with Crippen LogP contribution in [-0.2, 0) is 10.0 Å². The molecule has 0 spiro atoms. The van der Waals surface area contributed by atoms with Gasteiger partial charge in [-0.2, -0.15) is 12.7 Å². The zero-order valence-electron chi connectivity index (χ0n) is 11.7. The molecule has 1 aromatic carbocycles. The Morgan fingerprint density at radius 2 is 1.78 bits per heavy atom. The van der Waals surface area contributed by atoms with E-state index in [1.54, 1.807) is 30.3 Å². The first-order chi connectivity index (χ1) is 11.0. The number of urea groups is 1. The molecule has 0 fully saturated rings. The lowest BCUT2D eigenvalue weighted by molar-refractivity contribution is 0.256. The molecule has 2 heterocycles. The van der Waals surface area contributed by atoms with Gasteiger partial charge in [-0.15, -0.1) is 0 Å². The summed E-state index contributed by atoms with van der Waals surface area (Å²) in [6, 6.07) is 10.2. The number of pyridine rings is 1. The number of benzene rings is 1. The van der Waals surface area contributed by atoms with Crippen molar-refractivity contribution < 1.29 is 13.2 Å². The van der Waals surface area contributed by atoms with Gasteiger partial charge in [0.1, 0.15) is 0 Å². The van der Waals surface area contributed by atoms with E-state index in [1.165, 1.54) is 24.5 Å². The van der Waals surface area contributed by atoms with Crippen LogP contribution in [0.3, 0.4) is 0 Å². The van der Waals surface area contributed by atoms with Gasteiger partial charge >= 0.3 is 16.1 Å². The number of hydrogen-bond acceptors (Lipinski definition) is 6. The van der Waals surface area contributed by atoms with Gasteiger partial charge in [-0.3, -0.25) is 0 Å². The van der Waals surface area contributed by atoms with E-state index in [0.29, 0.717) is 15.2 Å². The van der Waals surface area contributed by atoms with Crippen molar-refractivity contribution in [3.05, 3.63) is 54.9 Å². The standard InChI is InChI=1S/C14H11N5O3S/c15-13(20)19(12-7-3-4-8-16-12)23(21,22)14-17-9-10-5-1-2-6-11(10)18-14/h1-9H,(H2,15,20). The van der Waals surface area contributed by atoms with Crippen molar-refractivity contribution in [2.75, 3.05) is 4.31 Å². The van der Waals surface area contributed by atoms with Crippen molar-refractivity contribution in [1.29, 1.82) is 0 Å². The Morgan fingerprint density at radius 1 is 1.04 bits per heavy atom. The van der Waals surface area contributed by atoms with Crippen molar-refractivity contribution in [2.45, 2.75) is 5.16 Å². The van der Waals surface area contributed by atoms with Gasteiger partial charge in [0.15, 0.2) is 5.82 Å². The Hall–Kier alpha value is -3.07. The Kier molecular flexibility index (Phi) is 3.62. The fourth-order valence-corrected chi connectivity index (χ4v) is 3.14. The summed E-state index contributed by atoms with van der Waals surface area (Å²) in [4.78, 5) is 23.3. The topological polar surface area (TPSA) is 119 Å². The average Bonchev–Trinajstić information content (AvgIpc) is 2.55. The highest BCUT2D eigenvalue weighted by Gasteiger charge is 2.33. The summed E-state index contributed by atoms with van der Waals surface area (Å²) in [6.07, 6.45) is 2.72. The van der Waals surface area contributed by atoms with Crippen LogP contribution >= 0.6 is 0 Å². The largest absolute Gasteiger partial charge is 0.350 e. The molecular weight excluding hydrogens is 318 g/mol. The van der Waals surface area contributed by atoms with Gasteiger partial charge in [0.05, 0.1) is 5.52 Å². The SMILES string of the molecule is NC(=O)N(c1ccccn1)S(=O)(=O)c1ncc2ccccc2n1. The first-order valence-electron chi connectivity index (χ1n) is 6.48. The predicted molar refractivity (Wildman–Crippen MR) is 83.0 cm³/mol. The number of fused-ring (bicyclic) bond motifs is 1. The number of anilines is 1. The van der Waals surface area contributed by atoms with Crippen LogP contribution < -0.4 is 10.0 Å². The van der Waals surface area contributed by atoms with E-state index in [0.717, 1.165) is 0 Å². The summed E-state index contributed by atoms with van der Waals surface area (Å²) < 4.78 is 25.7. The third kappa shape index (κ3) is 2.69. The Balaban J connectivity index is 2.15. The summed E-state index contributed by atoms with van der Waals surface area (Å²) in [5.74, 6) is -0.128. The minimum absolute atomic E-state index is 0.128. The maximum absolute atomic E-state index is 12.7. The quantitative estimate of drug-likeness (QED) is 0.723. The fourth-order valence-electron chi connectivity index (χ4n) is 1.99. The molecule has 0 saturated heterocycles. The zero-order chi connectivity index (χ0) is 16.4. The smallest absolute Gasteiger partial charge is 0.334 e. The average molecular weight is 329 g/mol. The lowest BCUT2D eigenvalue weighted by atomic mass is 10.2. The molecule has 0 aliphatic carbocycles. The number of nitrogens with two attached hydrogens (primary N) is 1. The molecule has 23 heavy (non-hydrogen) atoms. The van der Waals surface area contributed by atoms with Crippen LogP contribution in [0.4, 0.5) is 10.6 Å². The van der Waals surface area contributed by atoms with E-state index in [-0.39, 0.29) is 5.82 Å². The highest BCUT2D eigenvalue weighted by atomic mass is 32.2. The second kappa shape index (κ2) is 5.61. The van der Waals surface area contributed by atoms with Crippen LogP contribution in [-0.4, -0.2) is 29.4 Å². The van der Waals surface area contributed by atoms with Crippen molar-refractivity contribution in [2.24, 2.45) is 5.73 Å². The normalized spacial score (nSPS) is 11.3. The van der Waals surface area contributed by atoms with Gasteiger partial charge in [-0.05, 0) is 18.2 Å². The molecule has 2 amide bonds. The molecule has 3 rings (SSSR count). The lowest BCUT2D eigenvalue weighted by Gasteiger charge is -2.18. The highest BCUT2D eigenvalue weighted by molar-refractivity contribution is 7.93. The van der Waals surface area contributed by atoms with Gasteiger partial charge in [-0.1, -0.05) is 24.3 Å². The monoisotopic (exact) mass is 329 g/mol. The molecule has 3 aromatic rings. The van der Waals surface area contributed by atoms with Gasteiger partial charge in [-0.25, -0.2) is 19.7 Å². The van der Waals surface area contributed by atoms with E-state index in [4.69, 9.17) is 5.73 Å². The van der Waals surface area contributed by atoms with Gasteiger partial charge in [0.2, 0.25) is 0 Å². The Morgan fingerprint density at radius 3 is 2.48 bits per heavy atom. The van der Waals surface area contributed by atoms with E-state index in [1.807, 2.05) is 0 Å². The van der Waals surface area contributed by atoms with Gasteiger partial charge in [0.25, 0.3) is 5.16 Å². The first-order valence-corrected chi connectivity index (χ1v) is 7.92. The molecule has 8 nitrogen and oxygen atoms in total. The molecule has 0 aliphatic heterocycles. The third-order valence-corrected chi connectivity index (χ3v) is 4.50. The maximum atomic E-state index is 12.7. The number of para-hydroxylation sites is 1. The number of rotatable bonds is 3. The summed E-state index contributed by atoms with van der Waals surface area (Å²) in [6.45, 7) is 0. The molecule has 0 saturated carbocycles. The molecule has 0 aliphatic rings. The Labute approximate surface area is 131 Å². The summed E-state index contributed by atoms with van der Waals surface area (Å²) >= 11 is 0. The molecule has 0 unspecified atom stereocenters. The van der Waals surface area contributed by atoms with E-state index < -0.39 is 21.2 Å². The van der Waals surface area contributed by atoms with Crippen LogP contribution in [0.15, 0.2) is 60.0 Å². The fraction of sp³-hybridized carbons (Fsp3) is 0. The van der Waals surface area contributed by atoms with Gasteiger partial charge in [0, 0.05) is 17.8 Å². The van der Waals surface area contributed by atoms with Crippen molar-refractivity contribution in [3.63, 3.8) is 0 Å². The van der Waals surface area contributed by atoms with Gasteiger partial charge < -0.3 is 5.73 Å². The molecule has 116 valence electrons. The van der Waals surface area contributed by atoms with Crippen molar-refractivity contribution in [1.82, 2.24) is 15.0 Å². The number of aromatic nitrogens is 3. The number of primary amides is 1. The number of hydrogen-bond donors (Lipinski definition) is 1. The summed E-state index contributed by atoms with van der Waals surface area (Å²) in [5, 5.41) is 0.149. The molecule has 2 N–H and O–H groups in total. The number of carbonyl (C=O) groups excluding carboxylic acids is 1. The first kappa shape index (κ1) is 14.9. The Bertz CT molecular complexity index is 976.